The van der Waals surface area contributed by atoms with Crippen LogP contribution in [0.15, 0.2) is 48.8 Å². The molecule has 9 heteroatoms. The van der Waals surface area contributed by atoms with Gasteiger partial charge in [-0.25, -0.2) is 0 Å². The highest BCUT2D eigenvalue weighted by Gasteiger charge is 2.35. The number of rotatable bonds is 3. The highest BCUT2D eigenvalue weighted by molar-refractivity contribution is 7.98. The fourth-order valence-corrected chi connectivity index (χ4v) is 7.16. The van der Waals surface area contributed by atoms with E-state index in [1.807, 2.05) is 65.5 Å². The molecule has 2 aromatic heterocycles. The molecule has 0 unspecified atom stereocenters. The smallest absolute Gasteiger partial charge is 0.267 e. The first-order chi connectivity index (χ1) is 16.7. The van der Waals surface area contributed by atoms with Gasteiger partial charge in [-0.05, 0) is 42.0 Å². The monoisotopic (exact) mass is 495 g/mol. The van der Waals surface area contributed by atoms with E-state index < -0.39 is 6.10 Å². The van der Waals surface area contributed by atoms with Crippen molar-refractivity contribution in [3.8, 4) is 16.5 Å². The predicted octanol–water partition coefficient (Wildman–Crippen LogP) is 3.45. The van der Waals surface area contributed by atoms with Crippen molar-refractivity contribution in [1.29, 1.82) is 0 Å². The average Bonchev–Trinajstić information content (AvgIpc) is 3.56. The SMILES string of the molecule is O=C(c1c(-n2cccc2)sc2c1CCSC2)N1CCN(C(=O)[C@@H]2COc3ccccc3O2)CC1. The summed E-state index contributed by atoms with van der Waals surface area (Å²) in [6, 6.07) is 11.4. The van der Waals surface area contributed by atoms with Gasteiger partial charge >= 0.3 is 0 Å². The Hall–Kier alpha value is -2.91. The van der Waals surface area contributed by atoms with E-state index in [0.717, 1.165) is 28.5 Å². The van der Waals surface area contributed by atoms with Gasteiger partial charge in [-0.15, -0.1) is 11.3 Å². The molecule has 1 saturated heterocycles. The van der Waals surface area contributed by atoms with E-state index in [0.29, 0.717) is 37.7 Å². The summed E-state index contributed by atoms with van der Waals surface area (Å²) in [4.78, 5) is 31.8. The first-order valence-corrected chi connectivity index (χ1v) is 13.5. The lowest BCUT2D eigenvalue weighted by Gasteiger charge is -2.37. The van der Waals surface area contributed by atoms with Gasteiger partial charge < -0.3 is 23.8 Å². The number of fused-ring (bicyclic) bond motifs is 2. The van der Waals surface area contributed by atoms with Crippen LogP contribution in [-0.2, 0) is 17.0 Å². The first kappa shape index (κ1) is 21.6. The minimum atomic E-state index is -0.654. The molecule has 34 heavy (non-hydrogen) atoms. The molecule has 0 spiro atoms. The molecule has 0 aliphatic carbocycles. The molecular weight excluding hydrogens is 470 g/mol. The molecule has 0 radical (unpaired) electrons. The van der Waals surface area contributed by atoms with Crippen molar-refractivity contribution < 1.29 is 19.1 Å². The Bertz CT molecular complexity index is 1210. The van der Waals surface area contributed by atoms with Crippen LogP contribution in [0.5, 0.6) is 11.5 Å². The van der Waals surface area contributed by atoms with Crippen molar-refractivity contribution in [2.75, 3.05) is 38.5 Å². The summed E-state index contributed by atoms with van der Waals surface area (Å²) in [5.74, 6) is 3.27. The molecule has 5 heterocycles. The number of carbonyl (C=O) groups is 2. The third kappa shape index (κ3) is 3.86. The summed E-state index contributed by atoms with van der Waals surface area (Å²) in [5, 5.41) is 1.01. The maximum atomic E-state index is 13.7. The topological polar surface area (TPSA) is 64.0 Å². The molecule has 1 atom stereocenters. The minimum absolute atomic E-state index is 0.0753. The molecule has 7 nitrogen and oxygen atoms in total. The molecule has 1 fully saturated rings. The van der Waals surface area contributed by atoms with Gasteiger partial charge in [0.15, 0.2) is 11.5 Å². The number of piperazine rings is 1. The first-order valence-electron chi connectivity index (χ1n) is 11.5. The zero-order valence-electron chi connectivity index (χ0n) is 18.6. The lowest BCUT2D eigenvalue weighted by atomic mass is 10.1. The van der Waals surface area contributed by atoms with Gasteiger partial charge in [-0.1, -0.05) is 12.1 Å². The Labute approximate surface area is 206 Å². The van der Waals surface area contributed by atoms with Crippen molar-refractivity contribution in [3.05, 3.63) is 64.8 Å². The Morgan fingerprint density at radius 3 is 2.47 bits per heavy atom. The number of para-hydroxylation sites is 2. The van der Waals surface area contributed by atoms with Gasteiger partial charge in [-0.2, -0.15) is 11.8 Å². The van der Waals surface area contributed by atoms with E-state index in [-0.39, 0.29) is 18.4 Å². The molecule has 3 aliphatic rings. The van der Waals surface area contributed by atoms with Gasteiger partial charge in [0.25, 0.3) is 11.8 Å². The predicted molar refractivity (Wildman–Crippen MR) is 132 cm³/mol. The van der Waals surface area contributed by atoms with E-state index in [1.165, 1.54) is 10.4 Å². The van der Waals surface area contributed by atoms with Crippen LogP contribution >= 0.6 is 23.1 Å². The van der Waals surface area contributed by atoms with Crippen LogP contribution < -0.4 is 9.47 Å². The Morgan fingerprint density at radius 2 is 1.68 bits per heavy atom. The van der Waals surface area contributed by atoms with E-state index in [2.05, 4.69) is 4.57 Å². The standard InChI is InChI=1S/C25H25N3O4S2/c29-23(20-15-31-18-5-1-2-6-19(18)32-20)26-10-12-27(13-11-26)24(30)22-17-7-14-33-16-21(17)34-25(22)28-8-3-4-9-28/h1-6,8-9,20H,7,10-16H2/t20-/m0/s1. The van der Waals surface area contributed by atoms with Gasteiger partial charge in [0.05, 0.1) is 5.56 Å². The number of benzene rings is 1. The molecule has 0 bridgehead atoms. The molecule has 3 aliphatic heterocycles. The molecule has 3 aromatic rings. The van der Waals surface area contributed by atoms with Gasteiger partial charge in [0.1, 0.15) is 11.6 Å². The van der Waals surface area contributed by atoms with E-state index >= 15 is 0 Å². The fourth-order valence-electron chi connectivity index (χ4n) is 4.72. The zero-order valence-corrected chi connectivity index (χ0v) is 20.3. The second kappa shape index (κ2) is 9.03. The maximum absolute atomic E-state index is 13.7. The fraction of sp³-hybridized carbons (Fsp3) is 0.360. The van der Waals surface area contributed by atoms with Crippen molar-refractivity contribution in [1.82, 2.24) is 14.4 Å². The summed E-state index contributed by atoms with van der Waals surface area (Å²) in [7, 11) is 0. The number of thiophene rings is 1. The highest BCUT2D eigenvalue weighted by Crippen LogP contribution is 2.39. The van der Waals surface area contributed by atoms with Crippen LogP contribution in [0.4, 0.5) is 0 Å². The molecule has 0 N–H and O–H groups in total. The summed E-state index contributed by atoms with van der Waals surface area (Å²) in [6.07, 6.45) is 4.28. The third-order valence-electron chi connectivity index (χ3n) is 6.52. The molecule has 176 valence electrons. The van der Waals surface area contributed by atoms with Crippen LogP contribution in [0, 0.1) is 0 Å². The number of ether oxygens (including phenoxy) is 2. The second-order valence-corrected chi connectivity index (χ2v) is 10.7. The van der Waals surface area contributed by atoms with E-state index in [1.54, 1.807) is 16.2 Å². The van der Waals surface area contributed by atoms with Crippen molar-refractivity contribution in [3.63, 3.8) is 0 Å². The van der Waals surface area contributed by atoms with Crippen LogP contribution in [0.1, 0.15) is 20.8 Å². The second-order valence-electron chi connectivity index (χ2n) is 8.56. The summed E-state index contributed by atoms with van der Waals surface area (Å²) < 4.78 is 13.7. The largest absolute Gasteiger partial charge is 0.485 e. The van der Waals surface area contributed by atoms with Crippen molar-refractivity contribution >= 4 is 34.9 Å². The average molecular weight is 496 g/mol. The number of carbonyl (C=O) groups excluding carboxylic acids is 2. The van der Waals surface area contributed by atoms with Crippen LogP contribution in [-0.4, -0.2) is 70.8 Å². The summed E-state index contributed by atoms with van der Waals surface area (Å²) in [6.45, 7) is 2.22. The van der Waals surface area contributed by atoms with Gasteiger partial charge in [0.2, 0.25) is 6.10 Å². The molecule has 6 rings (SSSR count). The van der Waals surface area contributed by atoms with Crippen LogP contribution in [0.2, 0.25) is 0 Å². The quantitative estimate of drug-likeness (QED) is 0.557. The number of hydrogen-bond donors (Lipinski definition) is 0. The number of thioether (sulfide) groups is 1. The molecular formula is C25H25N3O4S2. The Morgan fingerprint density at radius 1 is 0.941 bits per heavy atom. The van der Waals surface area contributed by atoms with E-state index in [9.17, 15) is 9.59 Å². The number of nitrogens with zero attached hydrogens (tertiary/aromatic N) is 3. The van der Waals surface area contributed by atoms with Crippen molar-refractivity contribution in [2.45, 2.75) is 18.3 Å². The number of hydrogen-bond acceptors (Lipinski definition) is 6. The van der Waals surface area contributed by atoms with Gasteiger partial charge in [-0.3, -0.25) is 9.59 Å². The molecule has 2 amide bonds. The van der Waals surface area contributed by atoms with E-state index in [4.69, 9.17) is 9.47 Å². The zero-order chi connectivity index (χ0) is 23.1. The highest BCUT2D eigenvalue weighted by atomic mass is 32.2. The summed E-state index contributed by atoms with van der Waals surface area (Å²) in [5.41, 5.74) is 2.05. The van der Waals surface area contributed by atoms with Crippen LogP contribution in [0.25, 0.3) is 5.00 Å². The van der Waals surface area contributed by atoms with Crippen molar-refractivity contribution in [2.24, 2.45) is 0 Å². The lowest BCUT2D eigenvalue weighted by Crippen LogP contribution is -2.55. The number of aromatic nitrogens is 1. The van der Waals surface area contributed by atoms with Gasteiger partial charge in [0, 0.05) is 49.2 Å². The maximum Gasteiger partial charge on any atom is 0.267 e. The minimum Gasteiger partial charge on any atom is -0.485 e. The summed E-state index contributed by atoms with van der Waals surface area (Å²) >= 11 is 3.66. The molecule has 0 saturated carbocycles. The normalized spacial score (nSPS) is 19.6. The molecule has 1 aromatic carbocycles. The van der Waals surface area contributed by atoms with Crippen LogP contribution in [0.3, 0.4) is 0 Å². The number of amides is 2. The third-order valence-corrected chi connectivity index (χ3v) is 8.93. The Balaban J connectivity index is 1.16. The Kier molecular flexibility index (Phi) is 5.74. The lowest BCUT2D eigenvalue weighted by molar-refractivity contribution is -0.142.